The summed E-state index contributed by atoms with van der Waals surface area (Å²) in [5, 5.41) is 3.35. The molecule has 0 bridgehead atoms. The minimum absolute atomic E-state index is 0.0898. The summed E-state index contributed by atoms with van der Waals surface area (Å²) in [7, 11) is -4.49. The number of hydrogen-bond donors (Lipinski definition) is 3. The van der Waals surface area contributed by atoms with Crippen LogP contribution in [0.3, 0.4) is 0 Å². The third-order valence-corrected chi connectivity index (χ3v) is 10.1. The fourth-order valence-electron chi connectivity index (χ4n) is 4.01. The number of rotatable bonds is 6. The van der Waals surface area contributed by atoms with E-state index >= 15 is 0 Å². The lowest BCUT2D eigenvalue weighted by Crippen LogP contribution is -2.09. The molecule has 0 saturated heterocycles. The molecule has 0 atom stereocenters. The van der Waals surface area contributed by atoms with Crippen LogP contribution in [-0.4, -0.2) is 15.0 Å². The Morgan fingerprint density at radius 1 is 0.553 bits per heavy atom. The molecule has 14 heteroatoms. The fraction of sp³-hybridized carbons (Fsp3) is 0. The highest BCUT2D eigenvalue weighted by molar-refractivity contribution is 9.11. The summed E-state index contributed by atoms with van der Waals surface area (Å²) in [4.78, 5) is 9.18. The summed E-state index contributed by atoms with van der Waals surface area (Å²) in [6, 6.07) is 15.9. The van der Waals surface area contributed by atoms with Crippen LogP contribution in [0.4, 0.5) is 0 Å². The molecular formula is C24H12Br3Cl3N3O4P. The molecule has 6 aromatic rings. The Morgan fingerprint density at radius 3 is 1.11 bits per heavy atom. The topological polar surface area (TPSA) is 92.1 Å². The first-order valence-electron chi connectivity index (χ1n) is 10.7. The van der Waals surface area contributed by atoms with Gasteiger partial charge in [0.15, 0.2) is 0 Å². The molecule has 3 aromatic heterocycles. The highest BCUT2D eigenvalue weighted by atomic mass is 79.9. The van der Waals surface area contributed by atoms with Crippen LogP contribution in [0.5, 0.6) is 17.6 Å². The molecule has 3 N–H and O–H groups in total. The van der Waals surface area contributed by atoms with Gasteiger partial charge in [-0.2, -0.15) is 4.57 Å². The van der Waals surface area contributed by atoms with E-state index < -0.39 is 7.82 Å². The molecule has 0 aliphatic rings. The van der Waals surface area contributed by atoms with Gasteiger partial charge in [0.2, 0.25) is 17.6 Å². The monoisotopic (exact) mass is 779 g/mol. The summed E-state index contributed by atoms with van der Waals surface area (Å²) in [6.07, 6.45) is 0. The number of halogens is 6. The fourth-order valence-corrected chi connectivity index (χ4v) is 8.55. The van der Waals surface area contributed by atoms with Crippen LogP contribution in [0.1, 0.15) is 0 Å². The zero-order chi connectivity index (χ0) is 26.8. The lowest BCUT2D eigenvalue weighted by Gasteiger charge is -2.18. The summed E-state index contributed by atoms with van der Waals surface area (Å²) >= 11 is 29.6. The third-order valence-electron chi connectivity index (χ3n) is 5.65. The van der Waals surface area contributed by atoms with Gasteiger partial charge in [-0.25, -0.2) is 0 Å². The number of phosphoric acid groups is 1. The number of benzene rings is 3. The predicted molar refractivity (Wildman–Crippen MR) is 163 cm³/mol. The Kier molecular flexibility index (Phi) is 6.96. The number of H-pyrrole nitrogens is 3. The maximum Gasteiger partial charge on any atom is 0.650 e. The Bertz CT molecular complexity index is 1720. The second-order valence-corrected chi connectivity index (χ2v) is 13.1. The smallest absolute Gasteiger partial charge is 0.368 e. The summed E-state index contributed by atoms with van der Waals surface area (Å²) in [5.74, 6) is 0.269. The predicted octanol–water partition coefficient (Wildman–Crippen LogP) is 11.0. The van der Waals surface area contributed by atoms with Crippen molar-refractivity contribution in [3.63, 3.8) is 0 Å². The first kappa shape index (κ1) is 26.4. The van der Waals surface area contributed by atoms with E-state index in [4.69, 9.17) is 48.4 Å². The molecule has 0 spiro atoms. The quantitative estimate of drug-likeness (QED) is 0.147. The molecule has 38 heavy (non-hydrogen) atoms. The molecule has 3 heterocycles. The average molecular weight is 783 g/mol. The minimum atomic E-state index is -4.49. The number of phosphoric ester groups is 1. The highest BCUT2D eigenvalue weighted by Crippen LogP contribution is 2.55. The van der Waals surface area contributed by atoms with E-state index in [2.05, 4.69) is 62.7 Å². The van der Waals surface area contributed by atoms with Crippen molar-refractivity contribution in [2.45, 2.75) is 0 Å². The van der Waals surface area contributed by atoms with E-state index in [0.717, 1.165) is 0 Å². The van der Waals surface area contributed by atoms with E-state index in [-0.39, 0.29) is 17.6 Å². The number of aromatic nitrogens is 3. The Hall–Kier alpha value is -1.78. The molecule has 0 saturated carbocycles. The molecule has 7 nitrogen and oxygen atoms in total. The molecule has 0 unspecified atom stereocenters. The van der Waals surface area contributed by atoms with Crippen LogP contribution in [0.2, 0.25) is 15.1 Å². The van der Waals surface area contributed by atoms with Gasteiger partial charge in [0, 0.05) is 16.2 Å². The largest absolute Gasteiger partial charge is 0.650 e. The molecule has 6 rings (SSSR count). The van der Waals surface area contributed by atoms with Gasteiger partial charge in [0.25, 0.3) is 0 Å². The molecule has 0 fully saturated rings. The number of hydrogen-bond acceptors (Lipinski definition) is 4. The summed E-state index contributed by atoms with van der Waals surface area (Å²) < 4.78 is 33.6. The van der Waals surface area contributed by atoms with Crippen molar-refractivity contribution in [1.82, 2.24) is 15.0 Å². The highest BCUT2D eigenvalue weighted by Gasteiger charge is 2.38. The van der Waals surface area contributed by atoms with Gasteiger partial charge in [0.05, 0.1) is 45.0 Å². The van der Waals surface area contributed by atoms with Gasteiger partial charge in [0.1, 0.15) is 0 Å². The van der Waals surface area contributed by atoms with Crippen LogP contribution in [0.25, 0.3) is 32.7 Å². The Morgan fingerprint density at radius 2 is 0.842 bits per heavy atom. The molecule has 0 aliphatic carbocycles. The second-order valence-electron chi connectivity index (χ2n) is 8.01. The van der Waals surface area contributed by atoms with E-state index in [9.17, 15) is 4.57 Å². The Labute approximate surface area is 255 Å². The molecule has 0 radical (unpaired) electrons. The van der Waals surface area contributed by atoms with Crippen molar-refractivity contribution < 1.29 is 18.1 Å². The number of nitrogens with one attached hydrogen (secondary N) is 3. The van der Waals surface area contributed by atoms with Crippen LogP contribution in [0.15, 0.2) is 68.0 Å². The lowest BCUT2D eigenvalue weighted by molar-refractivity contribution is 0.287. The standard InChI is InChI=1S/C24H12Br3Cl3N3O4P/c25-19-16-10(28)4-1-7-13(16)31-22(19)35-38(34,36-23-20(26)17-11(29)5-2-8-14(17)32-23)37-24-21(27)18-12(30)6-3-9-15(18)33-24/h1-9,31-33H. The molecule has 194 valence electrons. The first-order valence-corrected chi connectivity index (χ1v) is 15.7. The second kappa shape index (κ2) is 10.0. The van der Waals surface area contributed by atoms with E-state index in [1.54, 1.807) is 54.6 Å². The van der Waals surface area contributed by atoms with E-state index in [0.29, 0.717) is 61.2 Å². The molecule has 0 amide bonds. The van der Waals surface area contributed by atoms with Crippen molar-refractivity contribution >= 4 is 123 Å². The molecule has 3 aromatic carbocycles. The maximum absolute atomic E-state index is 14.4. The van der Waals surface area contributed by atoms with Crippen LogP contribution < -0.4 is 13.6 Å². The van der Waals surface area contributed by atoms with Crippen LogP contribution in [0, 0.1) is 0 Å². The minimum Gasteiger partial charge on any atom is -0.368 e. The molecular weight excluding hydrogens is 771 g/mol. The van der Waals surface area contributed by atoms with Gasteiger partial charge in [-0.1, -0.05) is 53.0 Å². The van der Waals surface area contributed by atoms with Gasteiger partial charge >= 0.3 is 7.82 Å². The van der Waals surface area contributed by atoms with Gasteiger partial charge in [-0.15, -0.1) is 0 Å². The maximum atomic E-state index is 14.4. The summed E-state index contributed by atoms with van der Waals surface area (Å²) in [5.41, 5.74) is 1.97. The zero-order valence-electron chi connectivity index (χ0n) is 18.5. The van der Waals surface area contributed by atoms with Gasteiger partial charge in [-0.05, 0) is 84.2 Å². The van der Waals surface area contributed by atoms with Crippen molar-refractivity contribution in [2.24, 2.45) is 0 Å². The van der Waals surface area contributed by atoms with Gasteiger partial charge in [-0.3, -0.25) is 0 Å². The van der Waals surface area contributed by atoms with Crippen molar-refractivity contribution in [3.8, 4) is 17.6 Å². The van der Waals surface area contributed by atoms with Crippen LogP contribution >= 0.6 is 90.4 Å². The third kappa shape index (κ3) is 4.54. The normalized spacial score (nSPS) is 12.1. The first-order chi connectivity index (χ1) is 18.1. The van der Waals surface area contributed by atoms with Crippen molar-refractivity contribution in [1.29, 1.82) is 0 Å². The number of fused-ring (bicyclic) bond motifs is 3. The van der Waals surface area contributed by atoms with E-state index in [1.165, 1.54) is 0 Å². The molecule has 0 aliphatic heterocycles. The van der Waals surface area contributed by atoms with Gasteiger partial charge < -0.3 is 28.5 Å². The lowest BCUT2D eigenvalue weighted by atomic mass is 10.2. The summed E-state index contributed by atoms with van der Waals surface area (Å²) in [6.45, 7) is 0. The SMILES string of the molecule is O=P(Oc1[nH]c2cccc(Cl)c2c1Br)(Oc1[nH]c2cccc(Cl)c2c1Br)Oc1[nH]c2cccc(Cl)c2c1Br. The Balaban J connectivity index is 1.47. The zero-order valence-corrected chi connectivity index (χ0v) is 26.5. The number of aromatic amines is 3. The van der Waals surface area contributed by atoms with E-state index in [1.807, 2.05) is 0 Å². The average Bonchev–Trinajstić information content (AvgIpc) is 3.47. The van der Waals surface area contributed by atoms with Crippen molar-refractivity contribution in [3.05, 3.63) is 83.1 Å². The van der Waals surface area contributed by atoms with Crippen molar-refractivity contribution in [2.75, 3.05) is 0 Å². The van der Waals surface area contributed by atoms with Crippen LogP contribution in [-0.2, 0) is 4.57 Å².